The van der Waals surface area contributed by atoms with Gasteiger partial charge >= 0.3 is 0 Å². The minimum Gasteiger partial charge on any atom is -0.384 e. The first-order valence-corrected chi connectivity index (χ1v) is 7.06. The number of methoxy groups -OCH3 is 1. The maximum Gasteiger partial charge on any atom is 0.0578 e. The van der Waals surface area contributed by atoms with Crippen molar-refractivity contribution < 1.29 is 4.74 Å². The van der Waals surface area contributed by atoms with Crippen molar-refractivity contribution in [3.63, 3.8) is 0 Å². The second-order valence-corrected chi connectivity index (χ2v) is 5.26. The van der Waals surface area contributed by atoms with E-state index in [0.717, 1.165) is 13.0 Å². The molecular weight excluding hydrogens is 242 g/mol. The minimum absolute atomic E-state index is 0.341. The highest BCUT2D eigenvalue weighted by atomic mass is 32.1. The molecule has 0 spiro atoms. The summed E-state index contributed by atoms with van der Waals surface area (Å²) in [6.07, 6.45) is 0.941. The fraction of sp³-hybridized carbons (Fsp3) is 0.333. The highest BCUT2D eigenvalue weighted by Crippen LogP contribution is 2.25. The van der Waals surface area contributed by atoms with Gasteiger partial charge in [0.2, 0.25) is 0 Å². The molecule has 1 aromatic carbocycles. The summed E-state index contributed by atoms with van der Waals surface area (Å²) in [7, 11) is 1.74. The zero-order valence-corrected chi connectivity index (χ0v) is 11.7. The van der Waals surface area contributed by atoms with Gasteiger partial charge in [-0.1, -0.05) is 24.3 Å². The van der Waals surface area contributed by atoms with Crippen molar-refractivity contribution in [1.29, 1.82) is 0 Å². The van der Waals surface area contributed by atoms with E-state index in [4.69, 9.17) is 4.74 Å². The van der Waals surface area contributed by atoms with Gasteiger partial charge in [0.25, 0.3) is 0 Å². The summed E-state index contributed by atoms with van der Waals surface area (Å²) in [6, 6.07) is 13.0. The van der Waals surface area contributed by atoms with Gasteiger partial charge in [-0.15, -0.1) is 11.3 Å². The van der Waals surface area contributed by atoms with Gasteiger partial charge in [0.15, 0.2) is 0 Å². The molecule has 2 nitrogen and oxygen atoms in total. The van der Waals surface area contributed by atoms with Crippen molar-refractivity contribution in [2.75, 3.05) is 19.0 Å². The number of para-hydroxylation sites is 1. The molecule has 1 atom stereocenters. The van der Waals surface area contributed by atoms with E-state index >= 15 is 0 Å². The van der Waals surface area contributed by atoms with Crippen LogP contribution in [0.2, 0.25) is 0 Å². The zero-order valence-electron chi connectivity index (χ0n) is 10.8. The summed E-state index contributed by atoms with van der Waals surface area (Å²) in [5, 5.41) is 5.69. The Morgan fingerprint density at radius 2 is 2.06 bits per heavy atom. The summed E-state index contributed by atoms with van der Waals surface area (Å²) >= 11 is 1.79. The molecule has 0 amide bonds. The summed E-state index contributed by atoms with van der Waals surface area (Å²) in [5.74, 6) is 0. The lowest BCUT2D eigenvalue weighted by Crippen LogP contribution is -2.08. The Labute approximate surface area is 113 Å². The van der Waals surface area contributed by atoms with Crippen LogP contribution in [0.25, 0.3) is 0 Å². The quantitative estimate of drug-likeness (QED) is 0.845. The number of hydrogen-bond donors (Lipinski definition) is 1. The topological polar surface area (TPSA) is 21.3 Å². The molecule has 0 aliphatic rings. The predicted octanol–water partition coefficient (Wildman–Crippen LogP) is 4.11. The van der Waals surface area contributed by atoms with E-state index in [-0.39, 0.29) is 0 Å². The molecule has 0 bridgehead atoms. The van der Waals surface area contributed by atoms with Gasteiger partial charge in [0, 0.05) is 17.7 Å². The molecule has 1 N–H and O–H groups in total. The van der Waals surface area contributed by atoms with Gasteiger partial charge in [-0.2, -0.15) is 0 Å². The molecule has 0 saturated heterocycles. The molecule has 0 radical (unpaired) electrons. The Balaban J connectivity index is 2.08. The molecule has 0 fully saturated rings. The maximum atomic E-state index is 5.15. The predicted molar refractivity (Wildman–Crippen MR) is 78.4 cm³/mol. The Morgan fingerprint density at radius 1 is 1.22 bits per heavy atom. The van der Waals surface area contributed by atoms with Gasteiger partial charge in [-0.05, 0) is 36.4 Å². The van der Waals surface area contributed by atoms with E-state index < -0.39 is 0 Å². The molecule has 1 aromatic heterocycles. The number of thiophene rings is 1. The number of benzene rings is 1. The van der Waals surface area contributed by atoms with Crippen LogP contribution in [-0.4, -0.2) is 13.7 Å². The summed E-state index contributed by atoms with van der Waals surface area (Å²) in [4.78, 5) is 1.36. The van der Waals surface area contributed by atoms with Crippen molar-refractivity contribution in [2.45, 2.75) is 19.4 Å². The van der Waals surface area contributed by atoms with Crippen LogP contribution in [0.3, 0.4) is 0 Å². The van der Waals surface area contributed by atoms with Crippen molar-refractivity contribution in [3.05, 3.63) is 52.2 Å². The average Bonchev–Trinajstić information content (AvgIpc) is 2.91. The first-order valence-electron chi connectivity index (χ1n) is 6.18. The fourth-order valence-electron chi connectivity index (χ4n) is 1.93. The van der Waals surface area contributed by atoms with Crippen molar-refractivity contribution in [1.82, 2.24) is 0 Å². The van der Waals surface area contributed by atoms with Crippen molar-refractivity contribution in [2.24, 2.45) is 0 Å². The molecule has 0 aliphatic heterocycles. The van der Waals surface area contributed by atoms with E-state index in [1.807, 2.05) is 0 Å². The van der Waals surface area contributed by atoms with E-state index in [1.54, 1.807) is 18.4 Å². The van der Waals surface area contributed by atoms with Crippen LogP contribution >= 0.6 is 11.3 Å². The van der Waals surface area contributed by atoms with Crippen LogP contribution in [0, 0.1) is 0 Å². The summed E-state index contributed by atoms with van der Waals surface area (Å²) < 4.78 is 5.15. The SMILES string of the molecule is COCCc1ccccc1NC(C)c1cccs1. The first kappa shape index (κ1) is 13.1. The third-order valence-electron chi connectivity index (χ3n) is 2.93. The van der Waals surface area contributed by atoms with Crippen molar-refractivity contribution in [3.8, 4) is 0 Å². The van der Waals surface area contributed by atoms with E-state index in [9.17, 15) is 0 Å². The van der Waals surface area contributed by atoms with Crippen LogP contribution in [0.4, 0.5) is 5.69 Å². The average molecular weight is 261 g/mol. The molecule has 1 unspecified atom stereocenters. The molecule has 2 rings (SSSR count). The lowest BCUT2D eigenvalue weighted by Gasteiger charge is -2.17. The molecular formula is C15H19NOS. The van der Waals surface area contributed by atoms with Crippen LogP contribution in [-0.2, 0) is 11.2 Å². The van der Waals surface area contributed by atoms with Gasteiger partial charge in [0.05, 0.1) is 12.6 Å². The van der Waals surface area contributed by atoms with Gasteiger partial charge < -0.3 is 10.1 Å². The number of rotatable bonds is 6. The monoisotopic (exact) mass is 261 g/mol. The number of ether oxygens (including phenoxy) is 1. The number of nitrogens with one attached hydrogen (secondary N) is 1. The normalized spacial score (nSPS) is 12.3. The molecule has 2 aromatic rings. The Bertz CT molecular complexity index is 467. The standard InChI is InChI=1S/C15H19NOS/c1-12(15-8-5-11-18-15)16-14-7-4-3-6-13(14)9-10-17-2/h3-8,11-12,16H,9-10H2,1-2H3. The second-order valence-electron chi connectivity index (χ2n) is 4.28. The Kier molecular flexibility index (Phi) is 4.79. The van der Waals surface area contributed by atoms with Crippen LogP contribution < -0.4 is 5.32 Å². The van der Waals surface area contributed by atoms with E-state index in [2.05, 4.69) is 54.0 Å². The minimum atomic E-state index is 0.341. The smallest absolute Gasteiger partial charge is 0.0578 e. The third-order valence-corrected chi connectivity index (χ3v) is 3.99. The van der Waals surface area contributed by atoms with Gasteiger partial charge in [-0.3, -0.25) is 0 Å². The van der Waals surface area contributed by atoms with E-state index in [0.29, 0.717) is 6.04 Å². The lowest BCUT2D eigenvalue weighted by atomic mass is 10.1. The van der Waals surface area contributed by atoms with Crippen LogP contribution in [0.15, 0.2) is 41.8 Å². The first-order chi connectivity index (χ1) is 8.81. The number of hydrogen-bond acceptors (Lipinski definition) is 3. The summed E-state index contributed by atoms with van der Waals surface area (Å²) in [5.41, 5.74) is 2.51. The maximum absolute atomic E-state index is 5.15. The van der Waals surface area contributed by atoms with Crippen molar-refractivity contribution >= 4 is 17.0 Å². The molecule has 96 valence electrons. The van der Waals surface area contributed by atoms with Gasteiger partial charge in [-0.25, -0.2) is 0 Å². The molecule has 0 aliphatic carbocycles. The molecule has 18 heavy (non-hydrogen) atoms. The number of anilines is 1. The second kappa shape index (κ2) is 6.57. The third kappa shape index (κ3) is 3.34. The molecule has 3 heteroatoms. The largest absolute Gasteiger partial charge is 0.384 e. The Hall–Kier alpha value is -1.32. The fourth-order valence-corrected chi connectivity index (χ4v) is 2.67. The Morgan fingerprint density at radius 3 is 2.78 bits per heavy atom. The molecule has 1 heterocycles. The van der Waals surface area contributed by atoms with Crippen LogP contribution in [0.1, 0.15) is 23.4 Å². The summed E-state index contributed by atoms with van der Waals surface area (Å²) in [6.45, 7) is 2.95. The lowest BCUT2D eigenvalue weighted by molar-refractivity contribution is 0.202. The highest BCUT2D eigenvalue weighted by molar-refractivity contribution is 7.10. The van der Waals surface area contributed by atoms with E-state index in [1.165, 1.54) is 16.1 Å². The zero-order chi connectivity index (χ0) is 12.8. The van der Waals surface area contributed by atoms with Crippen LogP contribution in [0.5, 0.6) is 0 Å². The molecule has 0 saturated carbocycles. The van der Waals surface area contributed by atoms with Gasteiger partial charge in [0.1, 0.15) is 0 Å². The highest BCUT2D eigenvalue weighted by Gasteiger charge is 2.08.